The standard InChI is InChI=1S/C22H29N3O4/c1-4-21(26)25-20-14-18(7-6-16(20)3)24-22(27)15-23-17-8-10-19(11-9-17)29-13-12-28-5-2/h6-11,14,23H,4-5,12-13,15H2,1-3H3,(H,24,27)(H,25,26). The number of rotatable bonds is 11. The molecule has 0 aliphatic carbocycles. The lowest BCUT2D eigenvalue weighted by molar-refractivity contribution is -0.116. The van der Waals surface area contributed by atoms with Crippen molar-refractivity contribution in [2.24, 2.45) is 0 Å². The smallest absolute Gasteiger partial charge is 0.243 e. The van der Waals surface area contributed by atoms with E-state index in [2.05, 4.69) is 16.0 Å². The Labute approximate surface area is 171 Å². The number of amides is 2. The Hall–Kier alpha value is -3.06. The van der Waals surface area contributed by atoms with Gasteiger partial charge in [0.05, 0.1) is 13.2 Å². The van der Waals surface area contributed by atoms with Gasteiger partial charge in [-0.3, -0.25) is 9.59 Å². The summed E-state index contributed by atoms with van der Waals surface area (Å²) < 4.78 is 10.8. The van der Waals surface area contributed by atoms with Gasteiger partial charge < -0.3 is 25.4 Å². The molecule has 0 fully saturated rings. The first-order valence-corrected chi connectivity index (χ1v) is 9.76. The van der Waals surface area contributed by atoms with Crippen LogP contribution in [0.5, 0.6) is 5.75 Å². The lowest BCUT2D eigenvalue weighted by atomic mass is 10.1. The maximum Gasteiger partial charge on any atom is 0.243 e. The van der Waals surface area contributed by atoms with E-state index >= 15 is 0 Å². The van der Waals surface area contributed by atoms with Crippen LogP contribution in [0.2, 0.25) is 0 Å². The summed E-state index contributed by atoms with van der Waals surface area (Å²) in [6.45, 7) is 7.49. The number of carbonyl (C=O) groups excluding carboxylic acids is 2. The summed E-state index contributed by atoms with van der Waals surface area (Å²) in [5.41, 5.74) is 3.08. The molecule has 0 bridgehead atoms. The Morgan fingerprint density at radius 3 is 2.31 bits per heavy atom. The van der Waals surface area contributed by atoms with Gasteiger partial charge in [-0.25, -0.2) is 0 Å². The van der Waals surface area contributed by atoms with E-state index < -0.39 is 0 Å². The zero-order valence-corrected chi connectivity index (χ0v) is 17.2. The first-order chi connectivity index (χ1) is 14.0. The van der Waals surface area contributed by atoms with Crippen LogP contribution in [0.3, 0.4) is 0 Å². The Morgan fingerprint density at radius 2 is 1.62 bits per heavy atom. The quantitative estimate of drug-likeness (QED) is 0.500. The normalized spacial score (nSPS) is 10.3. The highest BCUT2D eigenvalue weighted by molar-refractivity contribution is 5.96. The van der Waals surface area contributed by atoms with Crippen LogP contribution >= 0.6 is 0 Å². The van der Waals surface area contributed by atoms with Crippen molar-refractivity contribution in [2.75, 3.05) is 42.3 Å². The first-order valence-electron chi connectivity index (χ1n) is 9.76. The molecule has 2 aromatic rings. The number of carbonyl (C=O) groups is 2. The first kappa shape index (κ1) is 22.2. The van der Waals surface area contributed by atoms with Gasteiger partial charge in [-0.1, -0.05) is 13.0 Å². The Morgan fingerprint density at radius 1 is 0.897 bits per heavy atom. The molecule has 2 amide bonds. The van der Waals surface area contributed by atoms with Crippen LogP contribution in [-0.4, -0.2) is 38.2 Å². The Bertz CT molecular complexity index is 806. The number of ether oxygens (including phenoxy) is 2. The topological polar surface area (TPSA) is 88.7 Å². The lowest BCUT2D eigenvalue weighted by Crippen LogP contribution is -2.22. The predicted octanol–water partition coefficient (Wildman–Crippen LogP) is 3.81. The van der Waals surface area contributed by atoms with E-state index in [1.165, 1.54) is 0 Å². The second-order valence-electron chi connectivity index (χ2n) is 6.40. The molecule has 0 saturated carbocycles. The largest absolute Gasteiger partial charge is 0.491 e. The van der Waals surface area contributed by atoms with Gasteiger partial charge in [0.1, 0.15) is 12.4 Å². The third-order valence-electron chi connectivity index (χ3n) is 4.12. The third kappa shape index (κ3) is 7.83. The molecule has 0 unspecified atom stereocenters. The van der Waals surface area contributed by atoms with Crippen LogP contribution < -0.4 is 20.7 Å². The molecule has 3 N–H and O–H groups in total. The minimum absolute atomic E-state index is 0.0661. The van der Waals surface area contributed by atoms with Gasteiger partial charge in [0, 0.05) is 30.1 Å². The average Bonchev–Trinajstić information content (AvgIpc) is 2.73. The summed E-state index contributed by atoms with van der Waals surface area (Å²) in [5.74, 6) is 0.503. The molecule has 0 aliphatic rings. The molecule has 7 heteroatoms. The second-order valence-corrected chi connectivity index (χ2v) is 6.40. The van der Waals surface area contributed by atoms with Gasteiger partial charge in [0.2, 0.25) is 11.8 Å². The molecule has 0 atom stereocenters. The van der Waals surface area contributed by atoms with E-state index in [1.807, 2.05) is 50.2 Å². The molecule has 0 heterocycles. The number of benzene rings is 2. The van der Waals surface area contributed by atoms with Crippen LogP contribution in [0.4, 0.5) is 17.1 Å². The maximum absolute atomic E-state index is 12.2. The molecule has 0 spiro atoms. The highest BCUT2D eigenvalue weighted by Crippen LogP contribution is 2.21. The zero-order valence-electron chi connectivity index (χ0n) is 17.2. The van der Waals surface area contributed by atoms with Gasteiger partial charge in [0.15, 0.2) is 0 Å². The summed E-state index contributed by atoms with van der Waals surface area (Å²) >= 11 is 0. The molecular weight excluding hydrogens is 370 g/mol. The number of hydrogen-bond acceptors (Lipinski definition) is 5. The average molecular weight is 399 g/mol. The van der Waals surface area contributed by atoms with Crippen LogP contribution in [0.25, 0.3) is 0 Å². The van der Waals surface area contributed by atoms with Crippen LogP contribution in [0.15, 0.2) is 42.5 Å². The molecular formula is C22H29N3O4. The number of anilines is 3. The SMILES string of the molecule is CCOCCOc1ccc(NCC(=O)Nc2ccc(C)c(NC(=O)CC)c2)cc1. The molecule has 29 heavy (non-hydrogen) atoms. The van der Waals surface area contributed by atoms with Gasteiger partial charge in [-0.15, -0.1) is 0 Å². The minimum atomic E-state index is -0.182. The minimum Gasteiger partial charge on any atom is -0.491 e. The van der Waals surface area contributed by atoms with Crippen molar-refractivity contribution in [1.82, 2.24) is 0 Å². The van der Waals surface area contributed by atoms with Crippen LogP contribution in [0.1, 0.15) is 25.8 Å². The monoisotopic (exact) mass is 399 g/mol. The zero-order chi connectivity index (χ0) is 21.1. The van der Waals surface area contributed by atoms with Crippen molar-refractivity contribution >= 4 is 28.9 Å². The summed E-state index contributed by atoms with van der Waals surface area (Å²) in [5, 5.41) is 8.74. The molecule has 2 rings (SSSR count). The van der Waals surface area contributed by atoms with Crippen molar-refractivity contribution in [3.05, 3.63) is 48.0 Å². The van der Waals surface area contributed by atoms with Gasteiger partial charge in [0.25, 0.3) is 0 Å². The lowest BCUT2D eigenvalue weighted by Gasteiger charge is -2.12. The fraction of sp³-hybridized carbons (Fsp3) is 0.364. The molecule has 0 aromatic heterocycles. The van der Waals surface area contributed by atoms with E-state index in [4.69, 9.17) is 9.47 Å². The molecule has 0 aliphatic heterocycles. The van der Waals surface area contributed by atoms with Gasteiger partial charge in [-0.05, 0) is 55.8 Å². The predicted molar refractivity (Wildman–Crippen MR) is 116 cm³/mol. The Kier molecular flexibility index (Phi) is 8.98. The van der Waals surface area contributed by atoms with Crippen molar-refractivity contribution in [1.29, 1.82) is 0 Å². The van der Waals surface area contributed by atoms with Crippen molar-refractivity contribution < 1.29 is 19.1 Å². The van der Waals surface area contributed by atoms with Crippen molar-refractivity contribution in [3.8, 4) is 5.75 Å². The second kappa shape index (κ2) is 11.7. The van der Waals surface area contributed by atoms with E-state index in [0.717, 1.165) is 17.0 Å². The fourth-order valence-corrected chi connectivity index (χ4v) is 2.49. The number of nitrogens with one attached hydrogen (secondary N) is 3. The third-order valence-corrected chi connectivity index (χ3v) is 4.12. The number of aryl methyl sites for hydroxylation is 1. The molecule has 7 nitrogen and oxygen atoms in total. The van der Waals surface area contributed by atoms with E-state index in [9.17, 15) is 9.59 Å². The highest BCUT2D eigenvalue weighted by Gasteiger charge is 2.07. The fourth-order valence-electron chi connectivity index (χ4n) is 2.49. The van der Waals surface area contributed by atoms with Crippen molar-refractivity contribution in [2.45, 2.75) is 27.2 Å². The summed E-state index contributed by atoms with van der Waals surface area (Å²) in [7, 11) is 0. The molecule has 156 valence electrons. The summed E-state index contributed by atoms with van der Waals surface area (Å²) in [6, 6.07) is 12.8. The summed E-state index contributed by atoms with van der Waals surface area (Å²) in [4.78, 5) is 23.8. The molecule has 2 aromatic carbocycles. The summed E-state index contributed by atoms with van der Waals surface area (Å²) in [6.07, 6.45) is 0.399. The van der Waals surface area contributed by atoms with E-state index in [0.29, 0.717) is 37.6 Å². The van der Waals surface area contributed by atoms with Gasteiger partial charge >= 0.3 is 0 Å². The van der Waals surface area contributed by atoms with Gasteiger partial charge in [-0.2, -0.15) is 0 Å². The highest BCUT2D eigenvalue weighted by atomic mass is 16.5. The van der Waals surface area contributed by atoms with Crippen LogP contribution in [0, 0.1) is 6.92 Å². The molecule has 0 radical (unpaired) electrons. The van der Waals surface area contributed by atoms with Crippen LogP contribution in [-0.2, 0) is 14.3 Å². The number of hydrogen-bond donors (Lipinski definition) is 3. The van der Waals surface area contributed by atoms with Crippen molar-refractivity contribution in [3.63, 3.8) is 0 Å². The van der Waals surface area contributed by atoms with E-state index in [-0.39, 0.29) is 18.4 Å². The van der Waals surface area contributed by atoms with E-state index in [1.54, 1.807) is 13.0 Å². The molecule has 0 saturated heterocycles. The maximum atomic E-state index is 12.2. The Balaban J connectivity index is 1.82.